The molecule has 0 radical (unpaired) electrons. The van der Waals surface area contributed by atoms with E-state index in [0.717, 1.165) is 12.8 Å². The molecule has 3 rings (SSSR count). The lowest BCUT2D eigenvalue weighted by Crippen LogP contribution is -2.28. The summed E-state index contributed by atoms with van der Waals surface area (Å²) in [5, 5.41) is 3.70. The average Bonchev–Trinajstić information content (AvgIpc) is 3.14. The fraction of sp³-hybridized carbons (Fsp3) is 0.278. The number of benzene rings is 2. The molecule has 1 heterocycles. The van der Waals surface area contributed by atoms with Gasteiger partial charge in [0.1, 0.15) is 4.90 Å². The molecule has 0 spiro atoms. The lowest BCUT2D eigenvalue weighted by molar-refractivity contribution is -0.115. The molecule has 1 N–H and O–H groups in total. The number of anilines is 1. The minimum atomic E-state index is -3.68. The third-order valence-corrected chi connectivity index (χ3v) is 7.23. The van der Waals surface area contributed by atoms with Crippen LogP contribution >= 0.6 is 34.8 Å². The minimum absolute atomic E-state index is 0.00612. The van der Waals surface area contributed by atoms with Gasteiger partial charge in [-0.25, -0.2) is 8.42 Å². The summed E-state index contributed by atoms with van der Waals surface area (Å²) in [6, 6.07) is 9.31. The minimum Gasteiger partial charge on any atom is -0.326 e. The van der Waals surface area contributed by atoms with Crippen LogP contribution in [-0.2, 0) is 21.2 Å². The fourth-order valence-corrected chi connectivity index (χ4v) is 5.38. The van der Waals surface area contributed by atoms with Crippen molar-refractivity contribution in [1.82, 2.24) is 4.31 Å². The van der Waals surface area contributed by atoms with Crippen molar-refractivity contribution >= 4 is 56.4 Å². The van der Waals surface area contributed by atoms with Crippen molar-refractivity contribution in [1.29, 1.82) is 0 Å². The number of hydrogen-bond donors (Lipinski definition) is 1. The van der Waals surface area contributed by atoms with E-state index in [9.17, 15) is 13.2 Å². The molecule has 5 nitrogen and oxygen atoms in total. The van der Waals surface area contributed by atoms with Crippen LogP contribution in [0.15, 0.2) is 41.3 Å². The number of amides is 1. The Morgan fingerprint density at radius 3 is 2.37 bits per heavy atom. The highest BCUT2D eigenvalue weighted by atomic mass is 35.5. The quantitative estimate of drug-likeness (QED) is 0.727. The molecule has 1 fully saturated rings. The van der Waals surface area contributed by atoms with E-state index in [0.29, 0.717) is 34.4 Å². The van der Waals surface area contributed by atoms with Crippen molar-refractivity contribution in [3.05, 3.63) is 57.0 Å². The van der Waals surface area contributed by atoms with Crippen LogP contribution in [0.4, 0.5) is 5.69 Å². The van der Waals surface area contributed by atoms with Gasteiger partial charge in [0.15, 0.2) is 0 Å². The summed E-state index contributed by atoms with van der Waals surface area (Å²) < 4.78 is 26.9. The number of carbonyl (C=O) groups is 1. The number of carbonyl (C=O) groups excluding carboxylic acids is 1. The maximum atomic E-state index is 12.8. The maximum Gasteiger partial charge on any atom is 0.244 e. The monoisotopic (exact) mass is 446 g/mol. The molecule has 0 saturated carbocycles. The summed E-state index contributed by atoms with van der Waals surface area (Å²) in [5.74, 6) is -0.328. The van der Waals surface area contributed by atoms with Gasteiger partial charge in [0.05, 0.1) is 11.4 Å². The highest BCUT2D eigenvalue weighted by Crippen LogP contribution is 2.30. The van der Waals surface area contributed by atoms with E-state index in [4.69, 9.17) is 34.8 Å². The Morgan fingerprint density at radius 1 is 1.00 bits per heavy atom. The number of nitrogens with one attached hydrogen (secondary N) is 1. The molecule has 0 aromatic heterocycles. The van der Waals surface area contributed by atoms with E-state index in [1.54, 1.807) is 24.3 Å². The predicted octanol–water partition coefficient (Wildman–Crippen LogP) is 4.61. The van der Waals surface area contributed by atoms with Crippen LogP contribution in [0.25, 0.3) is 0 Å². The SMILES string of the molecule is O=C(Cc1ccc(Cl)cc1Cl)Nc1ccc(Cl)c(S(=O)(=O)N2CCCC2)c1. The average molecular weight is 448 g/mol. The number of halogens is 3. The highest BCUT2D eigenvalue weighted by molar-refractivity contribution is 7.89. The summed E-state index contributed by atoms with van der Waals surface area (Å²) in [6.45, 7) is 0.953. The molecule has 9 heteroatoms. The Labute approximate surface area is 173 Å². The van der Waals surface area contributed by atoms with Gasteiger partial charge in [0.2, 0.25) is 15.9 Å². The van der Waals surface area contributed by atoms with Crippen molar-refractivity contribution in [3.63, 3.8) is 0 Å². The van der Waals surface area contributed by atoms with Gasteiger partial charge in [-0.15, -0.1) is 0 Å². The number of sulfonamides is 1. The molecular weight excluding hydrogens is 431 g/mol. The van der Waals surface area contributed by atoms with Crippen molar-refractivity contribution in [3.8, 4) is 0 Å². The summed E-state index contributed by atoms with van der Waals surface area (Å²) in [7, 11) is -3.68. The third-order valence-electron chi connectivity index (χ3n) is 4.26. The zero-order chi connectivity index (χ0) is 19.6. The molecule has 1 saturated heterocycles. The number of hydrogen-bond acceptors (Lipinski definition) is 3. The molecule has 1 amide bonds. The van der Waals surface area contributed by atoms with Gasteiger partial charge in [0, 0.05) is 28.8 Å². The summed E-state index contributed by atoms with van der Waals surface area (Å²) in [6.07, 6.45) is 1.69. The lowest BCUT2D eigenvalue weighted by Gasteiger charge is -2.17. The Morgan fingerprint density at radius 2 is 1.70 bits per heavy atom. The van der Waals surface area contributed by atoms with Crippen LogP contribution in [0.5, 0.6) is 0 Å². The largest absolute Gasteiger partial charge is 0.326 e. The van der Waals surface area contributed by atoms with Crippen LogP contribution in [0, 0.1) is 0 Å². The second-order valence-corrected chi connectivity index (χ2v) is 9.37. The smallest absolute Gasteiger partial charge is 0.244 e. The summed E-state index contributed by atoms with van der Waals surface area (Å²) in [5.41, 5.74) is 0.977. The second kappa shape index (κ2) is 8.37. The first-order valence-corrected chi connectivity index (χ1v) is 10.9. The molecule has 0 atom stereocenters. The van der Waals surface area contributed by atoms with Crippen LogP contribution < -0.4 is 5.32 Å². The van der Waals surface area contributed by atoms with Crippen molar-refractivity contribution in [2.75, 3.05) is 18.4 Å². The van der Waals surface area contributed by atoms with E-state index >= 15 is 0 Å². The van der Waals surface area contributed by atoms with Crippen LogP contribution in [-0.4, -0.2) is 31.7 Å². The summed E-state index contributed by atoms with van der Waals surface area (Å²) in [4.78, 5) is 12.3. The molecular formula is C18H17Cl3N2O3S. The fourth-order valence-electron chi connectivity index (χ4n) is 2.89. The second-order valence-electron chi connectivity index (χ2n) is 6.22. The zero-order valence-corrected chi connectivity index (χ0v) is 17.3. The van der Waals surface area contributed by atoms with Crippen molar-refractivity contribution in [2.45, 2.75) is 24.2 Å². The lowest BCUT2D eigenvalue weighted by atomic mass is 10.1. The van der Waals surface area contributed by atoms with Crippen LogP contribution in [0.1, 0.15) is 18.4 Å². The highest BCUT2D eigenvalue weighted by Gasteiger charge is 2.29. The van der Waals surface area contributed by atoms with E-state index in [1.807, 2.05) is 0 Å². The summed E-state index contributed by atoms with van der Waals surface area (Å²) >= 11 is 18.1. The van der Waals surface area contributed by atoms with E-state index < -0.39 is 10.0 Å². The van der Waals surface area contributed by atoms with Crippen LogP contribution in [0.3, 0.4) is 0 Å². The van der Waals surface area contributed by atoms with E-state index in [2.05, 4.69) is 5.32 Å². The van der Waals surface area contributed by atoms with Crippen LogP contribution in [0.2, 0.25) is 15.1 Å². The number of rotatable bonds is 5. The first kappa shape index (κ1) is 20.4. The maximum absolute atomic E-state index is 12.8. The van der Waals surface area contributed by atoms with Crippen molar-refractivity contribution < 1.29 is 13.2 Å². The Bertz CT molecular complexity index is 974. The molecule has 1 aliphatic heterocycles. The molecule has 0 bridgehead atoms. The van der Waals surface area contributed by atoms with E-state index in [-0.39, 0.29) is 22.2 Å². The molecule has 0 aliphatic carbocycles. The van der Waals surface area contributed by atoms with Gasteiger partial charge in [-0.2, -0.15) is 4.31 Å². The topological polar surface area (TPSA) is 66.5 Å². The molecule has 2 aromatic rings. The molecule has 27 heavy (non-hydrogen) atoms. The predicted molar refractivity (Wildman–Crippen MR) is 108 cm³/mol. The number of nitrogens with zero attached hydrogens (tertiary/aromatic N) is 1. The Hall–Kier alpha value is -1.31. The van der Waals surface area contributed by atoms with Crippen molar-refractivity contribution in [2.24, 2.45) is 0 Å². The molecule has 1 aliphatic rings. The first-order valence-electron chi connectivity index (χ1n) is 8.31. The Kier molecular flexibility index (Phi) is 6.33. The van der Waals surface area contributed by atoms with Gasteiger partial charge < -0.3 is 5.32 Å². The first-order chi connectivity index (χ1) is 12.8. The van der Waals surface area contributed by atoms with Gasteiger partial charge in [-0.3, -0.25) is 4.79 Å². The van der Waals surface area contributed by atoms with E-state index in [1.165, 1.54) is 16.4 Å². The van der Waals surface area contributed by atoms with Gasteiger partial charge >= 0.3 is 0 Å². The molecule has 0 unspecified atom stereocenters. The van der Waals surface area contributed by atoms with Gasteiger partial charge in [-0.1, -0.05) is 40.9 Å². The molecule has 2 aromatic carbocycles. The van der Waals surface area contributed by atoms with Gasteiger partial charge in [0.25, 0.3) is 0 Å². The zero-order valence-electron chi connectivity index (χ0n) is 14.2. The standard InChI is InChI=1S/C18H17Cl3N2O3S/c19-13-4-3-12(16(21)10-13)9-18(24)22-14-5-6-15(20)17(11-14)27(25,26)23-7-1-2-8-23/h3-6,10-11H,1-2,7-9H2,(H,22,24). The molecule has 144 valence electrons. The third kappa shape index (κ3) is 4.76. The Balaban J connectivity index is 1.78. The van der Waals surface area contributed by atoms with Gasteiger partial charge in [-0.05, 0) is 48.7 Å². The normalized spacial score (nSPS) is 15.1.